The van der Waals surface area contributed by atoms with Gasteiger partial charge in [-0.05, 0) is 41.7 Å². The second kappa shape index (κ2) is 11.3. The van der Waals surface area contributed by atoms with E-state index >= 15 is 0 Å². The predicted octanol–water partition coefficient (Wildman–Crippen LogP) is 2.08. The maximum Gasteiger partial charge on any atom is 0.288 e. The van der Waals surface area contributed by atoms with Crippen LogP contribution in [0.5, 0.6) is 5.75 Å². The fourth-order valence-electron chi connectivity index (χ4n) is 3.38. The van der Waals surface area contributed by atoms with Gasteiger partial charge in [-0.15, -0.1) is 0 Å². The summed E-state index contributed by atoms with van der Waals surface area (Å²) in [6, 6.07) is 6.06. The molecule has 1 amide bonds. The average Bonchev–Trinajstić information content (AvgIpc) is 2.77. The van der Waals surface area contributed by atoms with Crippen LogP contribution in [0.3, 0.4) is 0 Å². The van der Waals surface area contributed by atoms with Crippen molar-refractivity contribution in [3.05, 3.63) is 36.1 Å². The lowest BCUT2D eigenvalue weighted by Gasteiger charge is -2.36. The van der Waals surface area contributed by atoms with Gasteiger partial charge in [0, 0.05) is 33.6 Å². The Bertz CT molecular complexity index is 921. The zero-order valence-corrected chi connectivity index (χ0v) is 21.1. The number of ether oxygens (including phenoxy) is 3. The number of likely N-dealkylation sites (N-methyl/N-ethyl adjacent to an activating group) is 1. The van der Waals surface area contributed by atoms with Gasteiger partial charge in [-0.2, -0.15) is 4.31 Å². The zero-order valence-electron chi connectivity index (χ0n) is 20.3. The lowest BCUT2D eigenvalue weighted by molar-refractivity contribution is -0.157. The van der Waals surface area contributed by atoms with Crippen LogP contribution in [-0.2, 0) is 24.3 Å². The van der Waals surface area contributed by atoms with Crippen LogP contribution in [0.4, 0.5) is 0 Å². The van der Waals surface area contributed by atoms with E-state index in [0.29, 0.717) is 12.2 Å². The van der Waals surface area contributed by atoms with Crippen molar-refractivity contribution in [3.8, 4) is 5.75 Å². The SMILES string of the molecule is COc1ccc(S(=O)(=O)N(CCO)CCO[C@@H]2C[C@H](C(C)(C)C)C=C(C(=O)N(C)C)O2)cc1. The number of hydrogen-bond donors (Lipinski definition) is 1. The lowest BCUT2D eigenvalue weighted by atomic mass is 9.77. The van der Waals surface area contributed by atoms with Crippen LogP contribution < -0.4 is 4.74 Å². The molecule has 9 nitrogen and oxygen atoms in total. The number of methoxy groups -OCH3 is 1. The molecule has 0 spiro atoms. The minimum Gasteiger partial charge on any atom is -0.497 e. The Kier molecular flexibility index (Phi) is 9.30. The number of carbonyl (C=O) groups is 1. The summed E-state index contributed by atoms with van der Waals surface area (Å²) < 4.78 is 44.0. The Hall–Kier alpha value is -2.14. The second-order valence-electron chi connectivity index (χ2n) is 9.16. The summed E-state index contributed by atoms with van der Waals surface area (Å²) in [4.78, 5) is 14.0. The van der Waals surface area contributed by atoms with E-state index in [2.05, 4.69) is 20.8 Å². The third-order valence-electron chi connectivity index (χ3n) is 5.48. The molecule has 0 saturated heterocycles. The van der Waals surface area contributed by atoms with E-state index in [-0.39, 0.29) is 54.2 Å². The van der Waals surface area contributed by atoms with Crippen LogP contribution in [0.25, 0.3) is 0 Å². The fraction of sp³-hybridized carbons (Fsp3) is 0.609. The number of aliphatic hydroxyl groups is 1. The van der Waals surface area contributed by atoms with Crippen molar-refractivity contribution >= 4 is 15.9 Å². The number of hydrogen-bond acceptors (Lipinski definition) is 7. The van der Waals surface area contributed by atoms with Crippen molar-refractivity contribution in [2.24, 2.45) is 11.3 Å². The molecule has 1 heterocycles. The highest BCUT2D eigenvalue weighted by molar-refractivity contribution is 7.89. The summed E-state index contributed by atoms with van der Waals surface area (Å²) in [5.74, 6) is 0.576. The highest BCUT2D eigenvalue weighted by atomic mass is 32.2. The first-order chi connectivity index (χ1) is 15.4. The standard InChI is InChI=1S/C23H36N2O7S/c1-23(2,3)17-15-20(22(27)24(4)5)32-21(16-17)31-14-12-25(11-13-26)33(28,29)19-9-7-18(30-6)8-10-19/h7-10,15,17,21,26H,11-14,16H2,1-6H3/t17-,21+/m1/s1. The third-order valence-corrected chi connectivity index (χ3v) is 7.39. The van der Waals surface area contributed by atoms with Gasteiger partial charge in [-0.3, -0.25) is 4.79 Å². The number of aliphatic hydroxyl groups excluding tert-OH is 1. The summed E-state index contributed by atoms with van der Waals surface area (Å²) in [6.07, 6.45) is 1.70. The van der Waals surface area contributed by atoms with E-state index in [1.54, 1.807) is 26.2 Å². The molecule has 0 saturated carbocycles. The van der Waals surface area contributed by atoms with Crippen molar-refractivity contribution < 1.29 is 32.5 Å². The van der Waals surface area contributed by atoms with Gasteiger partial charge < -0.3 is 24.2 Å². The first-order valence-electron chi connectivity index (χ1n) is 10.9. The largest absolute Gasteiger partial charge is 0.497 e. The lowest BCUT2D eigenvalue weighted by Crippen LogP contribution is -2.39. The van der Waals surface area contributed by atoms with Gasteiger partial charge in [0.15, 0.2) is 5.76 Å². The molecule has 0 bridgehead atoms. The first-order valence-corrected chi connectivity index (χ1v) is 12.3. The molecular weight excluding hydrogens is 448 g/mol. The topological polar surface area (TPSA) is 106 Å². The average molecular weight is 485 g/mol. The highest BCUT2D eigenvalue weighted by Gasteiger charge is 2.35. The van der Waals surface area contributed by atoms with E-state index < -0.39 is 16.3 Å². The molecule has 1 aromatic rings. The maximum absolute atomic E-state index is 13.0. The van der Waals surface area contributed by atoms with Crippen LogP contribution in [0, 0.1) is 11.3 Å². The van der Waals surface area contributed by atoms with Crippen molar-refractivity contribution in [2.75, 3.05) is 47.5 Å². The minimum atomic E-state index is -3.84. The second-order valence-corrected chi connectivity index (χ2v) is 11.1. The number of nitrogens with zero attached hydrogens (tertiary/aromatic N) is 2. The van der Waals surface area contributed by atoms with Crippen LogP contribution in [0.2, 0.25) is 0 Å². The molecule has 0 radical (unpaired) electrons. The Labute approximate surface area is 197 Å². The van der Waals surface area contributed by atoms with Gasteiger partial charge >= 0.3 is 0 Å². The summed E-state index contributed by atoms with van der Waals surface area (Å²) >= 11 is 0. The van der Waals surface area contributed by atoms with Crippen molar-refractivity contribution in [2.45, 2.75) is 38.4 Å². The smallest absolute Gasteiger partial charge is 0.288 e. The summed E-state index contributed by atoms with van der Waals surface area (Å²) in [6.45, 7) is 5.91. The van der Waals surface area contributed by atoms with Gasteiger partial charge in [0.2, 0.25) is 16.3 Å². The number of benzene rings is 1. The molecule has 1 N–H and O–H groups in total. The molecule has 1 aromatic carbocycles. The van der Waals surface area contributed by atoms with E-state index in [0.717, 1.165) is 0 Å². The molecule has 33 heavy (non-hydrogen) atoms. The minimum absolute atomic E-state index is 0.0235. The van der Waals surface area contributed by atoms with Gasteiger partial charge in [-0.1, -0.05) is 20.8 Å². The molecule has 0 aromatic heterocycles. The molecular formula is C23H36N2O7S. The van der Waals surface area contributed by atoms with Gasteiger partial charge in [0.25, 0.3) is 5.91 Å². The van der Waals surface area contributed by atoms with E-state index in [1.807, 2.05) is 6.08 Å². The zero-order chi connectivity index (χ0) is 24.8. The van der Waals surface area contributed by atoms with Gasteiger partial charge in [-0.25, -0.2) is 8.42 Å². The molecule has 2 rings (SSSR count). The molecule has 1 aliphatic heterocycles. The predicted molar refractivity (Wildman–Crippen MR) is 124 cm³/mol. The van der Waals surface area contributed by atoms with E-state index in [9.17, 15) is 18.3 Å². The monoisotopic (exact) mass is 484 g/mol. The van der Waals surface area contributed by atoms with E-state index in [4.69, 9.17) is 14.2 Å². The van der Waals surface area contributed by atoms with Crippen LogP contribution >= 0.6 is 0 Å². The number of carbonyl (C=O) groups excluding carboxylic acids is 1. The summed E-state index contributed by atoms with van der Waals surface area (Å²) in [7, 11) is 0.973. The summed E-state index contributed by atoms with van der Waals surface area (Å²) in [5, 5.41) is 9.41. The van der Waals surface area contributed by atoms with Crippen LogP contribution in [0.15, 0.2) is 41.0 Å². The Morgan fingerprint density at radius 2 is 1.82 bits per heavy atom. The molecule has 0 aliphatic carbocycles. The molecule has 0 fully saturated rings. The van der Waals surface area contributed by atoms with E-state index in [1.165, 1.54) is 28.4 Å². The third kappa shape index (κ3) is 7.17. The Morgan fingerprint density at radius 1 is 1.18 bits per heavy atom. The molecule has 2 atom stereocenters. The van der Waals surface area contributed by atoms with Gasteiger partial charge in [0.1, 0.15) is 5.75 Å². The van der Waals surface area contributed by atoms with Crippen LogP contribution in [-0.4, -0.2) is 82.4 Å². The number of amides is 1. The number of allylic oxidation sites excluding steroid dienone is 1. The van der Waals surface area contributed by atoms with Crippen molar-refractivity contribution in [3.63, 3.8) is 0 Å². The number of rotatable bonds is 10. The first kappa shape index (κ1) is 27.1. The maximum atomic E-state index is 13.0. The highest BCUT2D eigenvalue weighted by Crippen LogP contribution is 2.36. The molecule has 0 unspecified atom stereocenters. The Morgan fingerprint density at radius 3 is 2.33 bits per heavy atom. The quantitative estimate of drug-likeness (QED) is 0.542. The van der Waals surface area contributed by atoms with Gasteiger partial charge in [0.05, 0.1) is 25.2 Å². The molecule has 1 aliphatic rings. The normalized spacial score (nSPS) is 19.1. The van der Waals surface area contributed by atoms with Crippen molar-refractivity contribution in [1.29, 1.82) is 0 Å². The molecule has 186 valence electrons. The molecule has 10 heteroatoms. The fourth-order valence-corrected chi connectivity index (χ4v) is 4.80. The van der Waals surface area contributed by atoms with Crippen LogP contribution in [0.1, 0.15) is 27.2 Å². The van der Waals surface area contributed by atoms with Crippen molar-refractivity contribution in [1.82, 2.24) is 9.21 Å². The Balaban J connectivity index is 2.09. The number of sulfonamides is 1. The summed E-state index contributed by atoms with van der Waals surface area (Å²) in [5.41, 5.74) is -0.107.